The van der Waals surface area contributed by atoms with Crippen LogP contribution in [0.4, 0.5) is 0 Å². The Balaban J connectivity index is 1.91. The fraction of sp³-hybridized carbons (Fsp3) is 0.333. The molecule has 1 aromatic rings. The van der Waals surface area contributed by atoms with Crippen LogP contribution in [0.25, 0.3) is 0 Å². The zero-order valence-electron chi connectivity index (χ0n) is 11.4. The summed E-state index contributed by atoms with van der Waals surface area (Å²) in [6.45, 7) is 3.17. The van der Waals surface area contributed by atoms with E-state index in [9.17, 15) is 9.59 Å². The molecule has 1 heterocycles. The summed E-state index contributed by atoms with van der Waals surface area (Å²) in [6, 6.07) is 8.06. The first-order valence-corrected chi connectivity index (χ1v) is 6.57. The topological polar surface area (TPSA) is 69.6 Å². The number of benzene rings is 1. The molecule has 0 aromatic heterocycles. The number of hydroxylamine groups is 1. The molecule has 0 aliphatic carbocycles. The predicted molar refractivity (Wildman–Crippen MR) is 73.8 cm³/mol. The Hall–Kier alpha value is -2.14. The van der Waals surface area contributed by atoms with Crippen LogP contribution in [0.5, 0.6) is 0 Å². The molecule has 0 saturated heterocycles. The monoisotopic (exact) mass is 274 g/mol. The molecule has 20 heavy (non-hydrogen) atoms. The van der Waals surface area contributed by atoms with Crippen molar-refractivity contribution in [3.8, 4) is 0 Å². The minimum absolute atomic E-state index is 0.0303. The quantitative estimate of drug-likeness (QED) is 0.632. The predicted octanol–water partition coefficient (Wildman–Crippen LogP) is 1.55. The minimum Gasteiger partial charge on any atom is -0.331 e. The van der Waals surface area contributed by atoms with Crippen LogP contribution in [0.1, 0.15) is 24.0 Å². The number of amides is 2. The van der Waals surface area contributed by atoms with Crippen molar-refractivity contribution in [3.05, 3.63) is 47.0 Å². The fourth-order valence-electron chi connectivity index (χ4n) is 2.27. The summed E-state index contributed by atoms with van der Waals surface area (Å²) in [5.74, 6) is -0.506. The molecule has 2 N–H and O–H groups in total. The molecule has 1 aliphatic heterocycles. The number of hydrogen-bond acceptors (Lipinski definition) is 3. The van der Waals surface area contributed by atoms with Crippen LogP contribution in [-0.2, 0) is 16.1 Å². The molecule has 1 aromatic carbocycles. The van der Waals surface area contributed by atoms with Crippen molar-refractivity contribution in [3.63, 3.8) is 0 Å². The normalized spacial score (nSPS) is 14.4. The highest BCUT2D eigenvalue weighted by atomic mass is 16.5. The smallest absolute Gasteiger partial charge is 0.250 e. The van der Waals surface area contributed by atoms with Gasteiger partial charge in [-0.25, -0.2) is 5.48 Å². The van der Waals surface area contributed by atoms with E-state index >= 15 is 0 Å². The van der Waals surface area contributed by atoms with E-state index < -0.39 is 5.91 Å². The third-order valence-corrected chi connectivity index (χ3v) is 3.32. The number of hydrogen-bond donors (Lipinski definition) is 2. The van der Waals surface area contributed by atoms with Gasteiger partial charge in [0, 0.05) is 25.1 Å². The molecule has 2 rings (SSSR count). The third-order valence-electron chi connectivity index (χ3n) is 3.32. The highest BCUT2D eigenvalue weighted by Gasteiger charge is 2.23. The van der Waals surface area contributed by atoms with Crippen LogP contribution in [0.3, 0.4) is 0 Å². The van der Waals surface area contributed by atoms with Gasteiger partial charge in [-0.3, -0.25) is 14.8 Å². The van der Waals surface area contributed by atoms with Crippen LogP contribution < -0.4 is 5.48 Å². The molecule has 0 saturated carbocycles. The second-order valence-corrected chi connectivity index (χ2v) is 4.94. The fourth-order valence-corrected chi connectivity index (χ4v) is 2.27. The maximum Gasteiger partial charge on any atom is 0.250 e. The molecule has 0 unspecified atom stereocenters. The molecule has 1 aliphatic rings. The molecule has 0 fully saturated rings. The van der Waals surface area contributed by atoms with E-state index in [0.717, 1.165) is 5.56 Å². The number of nitrogens with zero attached hydrogens (tertiary/aromatic N) is 1. The Morgan fingerprint density at radius 2 is 2.25 bits per heavy atom. The van der Waals surface area contributed by atoms with E-state index in [4.69, 9.17) is 5.21 Å². The molecule has 0 radical (unpaired) electrons. The lowest BCUT2D eigenvalue weighted by molar-refractivity contribution is -0.129. The summed E-state index contributed by atoms with van der Waals surface area (Å²) >= 11 is 0. The Morgan fingerprint density at radius 1 is 1.45 bits per heavy atom. The van der Waals surface area contributed by atoms with Crippen LogP contribution in [0, 0.1) is 6.92 Å². The molecular formula is C15H18N2O3. The number of aryl methyl sites for hydroxylation is 1. The lowest BCUT2D eigenvalue weighted by Gasteiger charge is -2.17. The van der Waals surface area contributed by atoms with Crippen molar-refractivity contribution in [1.82, 2.24) is 10.4 Å². The summed E-state index contributed by atoms with van der Waals surface area (Å²) < 4.78 is 0. The zero-order valence-corrected chi connectivity index (χ0v) is 11.4. The van der Waals surface area contributed by atoms with Crippen LogP contribution in [-0.4, -0.2) is 28.5 Å². The van der Waals surface area contributed by atoms with E-state index in [-0.39, 0.29) is 12.3 Å². The summed E-state index contributed by atoms with van der Waals surface area (Å²) in [5.41, 5.74) is 4.48. The zero-order chi connectivity index (χ0) is 14.5. The highest BCUT2D eigenvalue weighted by Crippen LogP contribution is 2.19. The first-order valence-electron chi connectivity index (χ1n) is 6.57. The largest absolute Gasteiger partial charge is 0.331 e. The van der Waals surface area contributed by atoms with Crippen LogP contribution in [0.15, 0.2) is 35.9 Å². The lowest BCUT2D eigenvalue weighted by atomic mass is 10.1. The van der Waals surface area contributed by atoms with Crippen molar-refractivity contribution in [1.29, 1.82) is 0 Å². The van der Waals surface area contributed by atoms with E-state index in [2.05, 4.69) is 6.07 Å². The maximum atomic E-state index is 12.2. The van der Waals surface area contributed by atoms with E-state index in [1.165, 1.54) is 5.56 Å². The minimum atomic E-state index is -0.476. The maximum absolute atomic E-state index is 12.2. The van der Waals surface area contributed by atoms with Gasteiger partial charge in [-0.15, -0.1) is 0 Å². The van der Waals surface area contributed by atoms with Gasteiger partial charge in [0.1, 0.15) is 0 Å². The second kappa shape index (κ2) is 6.34. The summed E-state index contributed by atoms with van der Waals surface area (Å²) in [6.07, 6.45) is 2.32. The molecule has 0 bridgehead atoms. The Morgan fingerprint density at radius 3 is 2.95 bits per heavy atom. The molecule has 5 nitrogen and oxygen atoms in total. The van der Waals surface area contributed by atoms with E-state index in [1.54, 1.807) is 10.4 Å². The van der Waals surface area contributed by atoms with E-state index in [0.29, 0.717) is 25.1 Å². The van der Waals surface area contributed by atoms with Gasteiger partial charge in [-0.1, -0.05) is 35.9 Å². The van der Waals surface area contributed by atoms with Crippen molar-refractivity contribution in [2.24, 2.45) is 0 Å². The number of rotatable bonds is 5. The van der Waals surface area contributed by atoms with Gasteiger partial charge in [0.15, 0.2) is 0 Å². The first kappa shape index (κ1) is 14.3. The van der Waals surface area contributed by atoms with Gasteiger partial charge in [0.05, 0.1) is 0 Å². The summed E-state index contributed by atoms with van der Waals surface area (Å²) in [7, 11) is 0. The van der Waals surface area contributed by atoms with Gasteiger partial charge in [-0.05, 0) is 18.9 Å². The lowest BCUT2D eigenvalue weighted by Crippen LogP contribution is -2.27. The van der Waals surface area contributed by atoms with Crippen molar-refractivity contribution in [2.75, 3.05) is 6.54 Å². The average molecular weight is 274 g/mol. The number of nitrogens with one attached hydrogen (secondary N) is 1. The van der Waals surface area contributed by atoms with Gasteiger partial charge in [0.2, 0.25) is 11.8 Å². The van der Waals surface area contributed by atoms with E-state index in [1.807, 2.05) is 31.2 Å². The van der Waals surface area contributed by atoms with Gasteiger partial charge >= 0.3 is 0 Å². The highest BCUT2D eigenvalue weighted by molar-refractivity contribution is 5.96. The van der Waals surface area contributed by atoms with Crippen molar-refractivity contribution < 1.29 is 14.8 Å². The van der Waals surface area contributed by atoms with Crippen molar-refractivity contribution in [2.45, 2.75) is 26.3 Å². The van der Waals surface area contributed by atoms with Crippen LogP contribution in [0.2, 0.25) is 0 Å². The van der Waals surface area contributed by atoms with Crippen LogP contribution >= 0.6 is 0 Å². The Bertz CT molecular complexity index is 552. The van der Waals surface area contributed by atoms with Gasteiger partial charge < -0.3 is 4.90 Å². The molecule has 0 spiro atoms. The first-order chi connectivity index (χ1) is 9.60. The van der Waals surface area contributed by atoms with Gasteiger partial charge in [-0.2, -0.15) is 0 Å². The van der Waals surface area contributed by atoms with Crippen molar-refractivity contribution >= 4 is 11.8 Å². The standard InChI is InChI=1S/C15H18N2O3/c1-11-3-2-4-12(9-11)10-17-8-7-13(15(17)19)5-6-14(18)16-20/h2-4,7,9,20H,5-6,8,10H2,1H3,(H,16,18). The SMILES string of the molecule is Cc1cccc(CN2CC=C(CCC(=O)NO)C2=O)c1. The molecular weight excluding hydrogens is 256 g/mol. The number of carbonyl (C=O) groups excluding carboxylic acids is 2. The second-order valence-electron chi connectivity index (χ2n) is 4.94. The molecule has 0 atom stereocenters. The molecule has 5 heteroatoms. The van der Waals surface area contributed by atoms with Gasteiger partial charge in [0.25, 0.3) is 0 Å². The Labute approximate surface area is 117 Å². The molecule has 2 amide bonds. The summed E-state index contributed by atoms with van der Waals surface area (Å²) in [4.78, 5) is 24.9. The third kappa shape index (κ3) is 3.45. The molecule has 106 valence electrons. The number of carbonyl (C=O) groups is 2. The summed E-state index contributed by atoms with van der Waals surface area (Å²) in [5, 5.41) is 8.43. The average Bonchev–Trinajstić information content (AvgIpc) is 2.77. The Kier molecular flexibility index (Phi) is 4.53.